The maximum atomic E-state index is 2.49. The third-order valence-corrected chi connectivity index (χ3v) is 6.53. The van der Waals surface area contributed by atoms with Crippen LogP contribution in [0.4, 0.5) is 0 Å². The molecule has 0 aliphatic heterocycles. The molecular formula is C22H36. The van der Waals surface area contributed by atoms with Gasteiger partial charge >= 0.3 is 0 Å². The Balaban J connectivity index is 2.81. The Morgan fingerprint density at radius 3 is 2.05 bits per heavy atom. The number of aryl methyl sites for hydroxylation is 1. The van der Waals surface area contributed by atoms with Crippen molar-refractivity contribution in [3.63, 3.8) is 0 Å². The van der Waals surface area contributed by atoms with Crippen molar-refractivity contribution in [1.82, 2.24) is 0 Å². The molecule has 0 saturated heterocycles. The van der Waals surface area contributed by atoms with Gasteiger partial charge in [0.2, 0.25) is 0 Å². The van der Waals surface area contributed by atoms with Gasteiger partial charge in [0.25, 0.3) is 0 Å². The van der Waals surface area contributed by atoms with Crippen LogP contribution in [-0.4, -0.2) is 0 Å². The molecule has 0 N–H and O–H groups in total. The van der Waals surface area contributed by atoms with Gasteiger partial charge in [-0.1, -0.05) is 54.5 Å². The zero-order chi connectivity index (χ0) is 16.8. The fourth-order valence-corrected chi connectivity index (χ4v) is 4.56. The van der Waals surface area contributed by atoms with E-state index in [1.165, 1.54) is 12.0 Å². The van der Waals surface area contributed by atoms with Gasteiger partial charge < -0.3 is 0 Å². The first-order chi connectivity index (χ1) is 10.2. The van der Waals surface area contributed by atoms with E-state index in [4.69, 9.17) is 0 Å². The van der Waals surface area contributed by atoms with E-state index in [2.05, 4.69) is 68.4 Å². The number of rotatable bonds is 2. The normalized spacial score (nSPS) is 28.9. The van der Waals surface area contributed by atoms with Crippen molar-refractivity contribution in [1.29, 1.82) is 0 Å². The second kappa shape index (κ2) is 6.38. The minimum absolute atomic E-state index is 0.616. The highest BCUT2D eigenvalue weighted by Gasteiger charge is 2.35. The Kier molecular flexibility index (Phi) is 5.09. The lowest BCUT2D eigenvalue weighted by Gasteiger charge is -2.30. The lowest BCUT2D eigenvalue weighted by molar-refractivity contribution is 0.298. The number of fused-ring (bicyclic) bond motifs is 1. The van der Waals surface area contributed by atoms with Gasteiger partial charge in [0.05, 0.1) is 0 Å². The number of hydrogen-bond acceptors (Lipinski definition) is 0. The fraction of sp³-hybridized carbons (Fsp3) is 0.727. The summed E-state index contributed by atoms with van der Waals surface area (Å²) in [5.74, 6) is 4.29. The van der Waals surface area contributed by atoms with E-state index >= 15 is 0 Å². The maximum Gasteiger partial charge on any atom is -0.0130 e. The molecule has 4 atom stereocenters. The van der Waals surface area contributed by atoms with E-state index in [0.29, 0.717) is 17.8 Å². The smallest absolute Gasteiger partial charge is 0.0130 e. The third kappa shape index (κ3) is 2.86. The van der Waals surface area contributed by atoms with Crippen molar-refractivity contribution in [2.45, 2.75) is 86.5 Å². The Labute approximate surface area is 138 Å². The Morgan fingerprint density at radius 2 is 1.55 bits per heavy atom. The second-order valence-corrected chi connectivity index (χ2v) is 8.60. The first kappa shape index (κ1) is 17.6. The van der Waals surface area contributed by atoms with Crippen LogP contribution in [0.5, 0.6) is 0 Å². The van der Waals surface area contributed by atoms with Gasteiger partial charge in [0, 0.05) is 0 Å². The minimum Gasteiger partial charge on any atom is -0.0622 e. The van der Waals surface area contributed by atoms with Crippen molar-refractivity contribution in [3.05, 3.63) is 33.9 Å². The molecule has 1 aromatic rings. The van der Waals surface area contributed by atoms with E-state index in [1.54, 1.807) is 22.3 Å². The molecule has 2 rings (SSSR count). The molecule has 0 saturated carbocycles. The molecule has 1 aliphatic rings. The standard InChI is InChI=1S/C22H36/c1-12(2)19-10-14(5)16(7)18(9)21-17(8)15(6)11-20(13(3)4)22(19)21/h11-14,16,18-19H,10H2,1-9H3/t14-,16-,18-,19?/m0/s1. The molecule has 1 aromatic carbocycles. The van der Waals surface area contributed by atoms with Gasteiger partial charge in [-0.25, -0.2) is 0 Å². The van der Waals surface area contributed by atoms with Crippen LogP contribution in [0.15, 0.2) is 6.07 Å². The molecule has 1 unspecified atom stereocenters. The van der Waals surface area contributed by atoms with Crippen LogP contribution in [0.1, 0.15) is 100 Å². The number of benzene rings is 1. The summed E-state index contributed by atoms with van der Waals surface area (Å²) >= 11 is 0. The fourth-order valence-electron chi connectivity index (χ4n) is 4.56. The first-order valence-corrected chi connectivity index (χ1v) is 9.30. The van der Waals surface area contributed by atoms with Crippen LogP contribution in [0.3, 0.4) is 0 Å². The molecule has 0 bridgehead atoms. The number of hydrogen-bond donors (Lipinski definition) is 0. The second-order valence-electron chi connectivity index (χ2n) is 8.60. The summed E-state index contributed by atoms with van der Waals surface area (Å²) in [4.78, 5) is 0. The highest BCUT2D eigenvalue weighted by Crippen LogP contribution is 2.49. The van der Waals surface area contributed by atoms with Crippen LogP contribution in [0.25, 0.3) is 0 Å². The SMILES string of the molecule is Cc1cc(C(C)C)c2c(c1C)[C@@H](C)[C@@H](C)[C@@H](C)CC2C(C)C. The summed E-state index contributed by atoms with van der Waals surface area (Å²) in [6.07, 6.45) is 1.35. The Bertz CT molecular complexity index is 535. The molecule has 0 radical (unpaired) electrons. The molecule has 0 aromatic heterocycles. The lowest BCUT2D eigenvalue weighted by Crippen LogP contribution is -2.15. The summed E-state index contributed by atoms with van der Waals surface area (Å²) in [5, 5.41) is 0. The van der Waals surface area contributed by atoms with Crippen LogP contribution in [0.2, 0.25) is 0 Å². The summed E-state index contributed by atoms with van der Waals surface area (Å²) in [5.41, 5.74) is 8.07. The van der Waals surface area contributed by atoms with E-state index < -0.39 is 0 Å². The van der Waals surface area contributed by atoms with Crippen molar-refractivity contribution in [2.24, 2.45) is 17.8 Å². The van der Waals surface area contributed by atoms with Crippen molar-refractivity contribution >= 4 is 0 Å². The summed E-state index contributed by atoms with van der Waals surface area (Å²) < 4.78 is 0. The van der Waals surface area contributed by atoms with Crippen molar-refractivity contribution in [3.8, 4) is 0 Å². The van der Waals surface area contributed by atoms with Crippen LogP contribution in [0, 0.1) is 31.6 Å². The van der Waals surface area contributed by atoms with Crippen LogP contribution >= 0.6 is 0 Å². The van der Waals surface area contributed by atoms with Crippen LogP contribution in [-0.2, 0) is 0 Å². The highest BCUT2D eigenvalue weighted by atomic mass is 14.4. The third-order valence-electron chi connectivity index (χ3n) is 6.53. The molecule has 0 spiro atoms. The van der Waals surface area contributed by atoms with E-state index in [0.717, 1.165) is 17.8 Å². The monoisotopic (exact) mass is 300 g/mol. The zero-order valence-corrected chi connectivity index (χ0v) is 16.2. The predicted molar refractivity (Wildman–Crippen MR) is 98.9 cm³/mol. The van der Waals surface area contributed by atoms with Gasteiger partial charge in [-0.3, -0.25) is 0 Å². The molecule has 0 fully saturated rings. The summed E-state index contributed by atoms with van der Waals surface area (Å²) in [7, 11) is 0. The van der Waals surface area contributed by atoms with Crippen molar-refractivity contribution < 1.29 is 0 Å². The van der Waals surface area contributed by atoms with E-state index in [9.17, 15) is 0 Å². The minimum atomic E-state index is 0.616. The Hall–Kier alpha value is -0.780. The molecule has 0 amide bonds. The molecule has 0 nitrogen and oxygen atoms in total. The maximum absolute atomic E-state index is 2.49. The molecule has 22 heavy (non-hydrogen) atoms. The average Bonchev–Trinajstić information content (AvgIpc) is 2.53. The zero-order valence-electron chi connectivity index (χ0n) is 16.2. The highest BCUT2D eigenvalue weighted by molar-refractivity contribution is 5.51. The van der Waals surface area contributed by atoms with Gasteiger partial charge in [-0.05, 0) is 83.6 Å². The molecular weight excluding hydrogens is 264 g/mol. The first-order valence-electron chi connectivity index (χ1n) is 9.30. The molecule has 0 heteroatoms. The summed E-state index contributed by atoms with van der Waals surface area (Å²) in [6.45, 7) is 21.6. The van der Waals surface area contributed by atoms with Crippen molar-refractivity contribution in [2.75, 3.05) is 0 Å². The van der Waals surface area contributed by atoms with E-state index in [1.807, 2.05) is 0 Å². The molecule has 124 valence electrons. The lowest BCUT2D eigenvalue weighted by atomic mass is 9.75. The summed E-state index contributed by atoms with van der Waals surface area (Å²) in [6, 6.07) is 2.49. The largest absolute Gasteiger partial charge is 0.0622 e. The van der Waals surface area contributed by atoms with Gasteiger partial charge in [0.15, 0.2) is 0 Å². The van der Waals surface area contributed by atoms with Gasteiger partial charge in [-0.15, -0.1) is 0 Å². The van der Waals surface area contributed by atoms with Crippen LogP contribution < -0.4 is 0 Å². The average molecular weight is 301 g/mol. The topological polar surface area (TPSA) is 0 Å². The molecule has 1 aliphatic carbocycles. The van der Waals surface area contributed by atoms with Gasteiger partial charge in [0.1, 0.15) is 0 Å². The van der Waals surface area contributed by atoms with E-state index in [-0.39, 0.29) is 0 Å². The molecule has 0 heterocycles. The predicted octanol–water partition coefficient (Wildman–Crippen LogP) is 6.95. The van der Waals surface area contributed by atoms with Gasteiger partial charge in [-0.2, -0.15) is 0 Å². The quantitative estimate of drug-likeness (QED) is 0.519. The Morgan fingerprint density at radius 1 is 0.955 bits per heavy atom.